The first-order chi connectivity index (χ1) is 18.8. The smallest absolute Gasteiger partial charge is 0.270 e. The summed E-state index contributed by atoms with van der Waals surface area (Å²) in [4.78, 5) is 40.9. The number of hydrogen-bond donors (Lipinski definition) is 3. The molecule has 0 saturated heterocycles. The van der Waals surface area contributed by atoms with Crippen LogP contribution in [0.2, 0.25) is 0 Å². The highest BCUT2D eigenvalue weighted by atomic mass is 32.1. The Morgan fingerprint density at radius 2 is 1.79 bits per heavy atom. The fourth-order valence-electron chi connectivity index (χ4n) is 3.99. The SMILES string of the molecule is COc1ccc([C@H](C(=O)NCc2ccccc2)N(Cc2ccco2)C(=O)c2snc(C(N)=O)c2N)cc1OC. The number of nitrogens with two attached hydrogens (primary N) is 2. The van der Waals surface area contributed by atoms with Crippen LogP contribution in [-0.2, 0) is 17.9 Å². The van der Waals surface area contributed by atoms with Gasteiger partial charge in [-0.25, -0.2) is 0 Å². The van der Waals surface area contributed by atoms with E-state index in [2.05, 4.69) is 9.69 Å². The van der Waals surface area contributed by atoms with Gasteiger partial charge in [-0.1, -0.05) is 36.4 Å². The predicted molar refractivity (Wildman–Crippen MR) is 144 cm³/mol. The Hall–Kier alpha value is -4.84. The number of benzene rings is 2. The van der Waals surface area contributed by atoms with E-state index in [1.54, 1.807) is 30.3 Å². The second-order valence-corrected chi connectivity index (χ2v) is 9.14. The number of nitrogen functional groups attached to an aromatic ring is 1. The molecule has 0 saturated carbocycles. The Bertz CT molecular complexity index is 1450. The number of rotatable bonds is 11. The second kappa shape index (κ2) is 12.1. The normalized spacial score (nSPS) is 11.4. The first-order valence-corrected chi connectivity index (χ1v) is 12.5. The minimum Gasteiger partial charge on any atom is -0.493 e. The molecule has 4 rings (SSSR count). The van der Waals surface area contributed by atoms with Crippen LogP contribution in [0.4, 0.5) is 5.69 Å². The van der Waals surface area contributed by atoms with Gasteiger partial charge in [-0.2, -0.15) is 4.37 Å². The zero-order chi connectivity index (χ0) is 27.9. The van der Waals surface area contributed by atoms with Gasteiger partial charge >= 0.3 is 0 Å². The fraction of sp³-hybridized carbons (Fsp3) is 0.185. The summed E-state index contributed by atoms with van der Waals surface area (Å²) in [7, 11) is 2.97. The van der Waals surface area contributed by atoms with E-state index in [4.69, 9.17) is 25.4 Å². The number of nitrogens with zero attached hydrogens (tertiary/aromatic N) is 2. The van der Waals surface area contributed by atoms with E-state index in [1.165, 1.54) is 25.4 Å². The molecule has 0 bridgehead atoms. The number of aromatic nitrogens is 1. The summed E-state index contributed by atoms with van der Waals surface area (Å²) in [5.74, 6) is -0.728. The van der Waals surface area contributed by atoms with Crippen molar-refractivity contribution in [1.29, 1.82) is 0 Å². The Morgan fingerprint density at radius 1 is 1.05 bits per heavy atom. The summed E-state index contributed by atoms with van der Waals surface area (Å²) in [6, 6.07) is 16.5. The molecule has 0 fully saturated rings. The molecule has 5 N–H and O–H groups in total. The van der Waals surface area contributed by atoms with Gasteiger partial charge in [0, 0.05) is 6.54 Å². The van der Waals surface area contributed by atoms with Crippen molar-refractivity contribution in [3.8, 4) is 11.5 Å². The van der Waals surface area contributed by atoms with E-state index >= 15 is 0 Å². The van der Waals surface area contributed by atoms with E-state index in [-0.39, 0.29) is 29.3 Å². The van der Waals surface area contributed by atoms with Crippen molar-refractivity contribution in [1.82, 2.24) is 14.6 Å². The molecule has 1 atom stereocenters. The monoisotopic (exact) mass is 549 g/mol. The maximum absolute atomic E-state index is 14.0. The van der Waals surface area contributed by atoms with Crippen LogP contribution in [0.15, 0.2) is 71.3 Å². The molecule has 0 radical (unpaired) electrons. The fourth-order valence-corrected chi connectivity index (χ4v) is 4.75. The molecule has 202 valence electrons. The molecular weight excluding hydrogens is 522 g/mol. The summed E-state index contributed by atoms with van der Waals surface area (Å²) in [5, 5.41) is 2.91. The highest BCUT2D eigenvalue weighted by Crippen LogP contribution is 2.35. The van der Waals surface area contributed by atoms with Crippen LogP contribution >= 0.6 is 11.5 Å². The number of methoxy groups -OCH3 is 2. The van der Waals surface area contributed by atoms with E-state index in [9.17, 15) is 14.4 Å². The van der Waals surface area contributed by atoms with Gasteiger partial charge in [0.05, 0.1) is 32.7 Å². The van der Waals surface area contributed by atoms with Crippen LogP contribution in [-0.4, -0.2) is 41.2 Å². The number of amides is 3. The molecule has 39 heavy (non-hydrogen) atoms. The van der Waals surface area contributed by atoms with E-state index in [1.807, 2.05) is 30.3 Å². The molecule has 2 heterocycles. The van der Waals surface area contributed by atoms with Crippen molar-refractivity contribution in [3.63, 3.8) is 0 Å². The molecule has 2 aromatic carbocycles. The number of furan rings is 1. The lowest BCUT2D eigenvalue weighted by Gasteiger charge is -2.31. The van der Waals surface area contributed by atoms with Gasteiger partial charge in [0.25, 0.3) is 11.8 Å². The summed E-state index contributed by atoms with van der Waals surface area (Å²) in [6.45, 7) is 0.133. The second-order valence-electron chi connectivity index (χ2n) is 8.37. The van der Waals surface area contributed by atoms with Gasteiger partial charge < -0.3 is 35.6 Å². The number of hydrogen-bond acceptors (Lipinski definition) is 9. The number of primary amides is 1. The third-order valence-electron chi connectivity index (χ3n) is 5.92. The molecule has 11 nitrogen and oxygen atoms in total. The van der Waals surface area contributed by atoms with Crippen molar-refractivity contribution in [2.45, 2.75) is 19.1 Å². The van der Waals surface area contributed by atoms with E-state index in [0.717, 1.165) is 17.1 Å². The van der Waals surface area contributed by atoms with Crippen LogP contribution in [0.1, 0.15) is 43.1 Å². The standard InChI is InChI=1S/C27H27N5O6S/c1-36-19-11-10-17(13-20(19)37-2)23(26(34)30-14-16-7-4-3-5-8-16)32(15-18-9-6-12-38-18)27(35)24-21(28)22(25(29)33)31-39-24/h3-13,23H,14-15,28H2,1-2H3,(H2,29,33)(H,30,34)/t23-/m1/s1. The largest absolute Gasteiger partial charge is 0.493 e. The lowest BCUT2D eigenvalue weighted by atomic mass is 10.0. The Morgan fingerprint density at radius 3 is 2.41 bits per heavy atom. The van der Waals surface area contributed by atoms with Crippen LogP contribution in [0, 0.1) is 0 Å². The molecule has 0 spiro atoms. The van der Waals surface area contributed by atoms with Crippen molar-refractivity contribution < 1.29 is 28.3 Å². The third-order valence-corrected chi connectivity index (χ3v) is 6.77. The van der Waals surface area contributed by atoms with Crippen molar-refractivity contribution in [3.05, 3.63) is 94.4 Å². The van der Waals surface area contributed by atoms with Gasteiger partial charge in [0.2, 0.25) is 5.91 Å². The Labute approximate surface area is 228 Å². The molecule has 0 aliphatic rings. The zero-order valence-electron chi connectivity index (χ0n) is 21.2. The lowest BCUT2D eigenvalue weighted by molar-refractivity contribution is -0.126. The zero-order valence-corrected chi connectivity index (χ0v) is 22.1. The van der Waals surface area contributed by atoms with Crippen molar-refractivity contribution in [2.24, 2.45) is 5.73 Å². The summed E-state index contributed by atoms with van der Waals surface area (Å²) in [5.41, 5.74) is 12.4. The maximum atomic E-state index is 14.0. The minimum atomic E-state index is -1.16. The molecule has 0 unspecified atom stereocenters. The number of nitrogens with one attached hydrogen (secondary N) is 1. The number of ether oxygens (including phenoxy) is 2. The van der Waals surface area contributed by atoms with Crippen molar-refractivity contribution in [2.75, 3.05) is 20.0 Å². The van der Waals surface area contributed by atoms with Crippen LogP contribution in [0.25, 0.3) is 0 Å². The van der Waals surface area contributed by atoms with Crippen LogP contribution < -0.4 is 26.3 Å². The highest BCUT2D eigenvalue weighted by Gasteiger charge is 2.36. The summed E-state index contributed by atoms with van der Waals surface area (Å²) < 4.78 is 20.3. The first-order valence-electron chi connectivity index (χ1n) is 11.8. The average molecular weight is 550 g/mol. The maximum Gasteiger partial charge on any atom is 0.270 e. The van der Waals surface area contributed by atoms with Crippen molar-refractivity contribution >= 4 is 34.9 Å². The van der Waals surface area contributed by atoms with Gasteiger partial charge in [-0.3, -0.25) is 14.4 Å². The molecule has 0 aliphatic carbocycles. The molecule has 0 aliphatic heterocycles. The quantitative estimate of drug-likeness (QED) is 0.257. The minimum absolute atomic E-state index is 0.0308. The first kappa shape index (κ1) is 27.2. The van der Waals surface area contributed by atoms with Gasteiger partial charge in [0.1, 0.15) is 16.7 Å². The van der Waals surface area contributed by atoms with E-state index in [0.29, 0.717) is 22.8 Å². The van der Waals surface area contributed by atoms with Crippen LogP contribution in [0.5, 0.6) is 11.5 Å². The lowest BCUT2D eigenvalue weighted by Crippen LogP contribution is -2.43. The van der Waals surface area contributed by atoms with Gasteiger partial charge in [0.15, 0.2) is 17.2 Å². The molecule has 2 aromatic heterocycles. The van der Waals surface area contributed by atoms with Gasteiger partial charge in [-0.15, -0.1) is 0 Å². The average Bonchev–Trinajstić information content (AvgIpc) is 3.61. The molecular formula is C27H27N5O6S. The molecule has 4 aromatic rings. The Balaban J connectivity index is 1.80. The molecule has 3 amide bonds. The Kier molecular flexibility index (Phi) is 8.46. The van der Waals surface area contributed by atoms with Crippen LogP contribution in [0.3, 0.4) is 0 Å². The predicted octanol–water partition coefficient (Wildman–Crippen LogP) is 3.13. The summed E-state index contributed by atoms with van der Waals surface area (Å²) in [6.07, 6.45) is 1.46. The highest BCUT2D eigenvalue weighted by molar-refractivity contribution is 7.09. The number of carbonyl (C=O) groups is 3. The topological polar surface area (TPSA) is 163 Å². The third kappa shape index (κ3) is 6.02. The number of carbonyl (C=O) groups excluding carboxylic acids is 3. The summed E-state index contributed by atoms with van der Waals surface area (Å²) >= 11 is 0.728. The number of anilines is 1. The molecule has 12 heteroatoms. The van der Waals surface area contributed by atoms with E-state index < -0.39 is 23.8 Å². The van der Waals surface area contributed by atoms with Gasteiger partial charge in [-0.05, 0) is 46.9 Å².